The maximum atomic E-state index is 13.6. The lowest BCUT2D eigenvalue weighted by Gasteiger charge is -2.26. The standard InChI is InChI=1S/C16H15BrFNO2/c17-12-5-6-14(18)11(7-12)8-19-9-13-10-20-15-3-1-2-4-16(15)21-13/h1-7,13,19H,8-10H2/t13-/m1/s1. The lowest BCUT2D eigenvalue weighted by atomic mass is 10.2. The van der Waals surface area contributed by atoms with Gasteiger partial charge in [-0.2, -0.15) is 0 Å². The van der Waals surface area contributed by atoms with Crippen LogP contribution in [0.1, 0.15) is 5.56 Å². The molecule has 0 aromatic heterocycles. The SMILES string of the molecule is Fc1ccc(Br)cc1CNC[C@@H]1COc2ccccc2O1. The van der Waals surface area contributed by atoms with Crippen molar-refractivity contribution in [1.82, 2.24) is 5.32 Å². The molecule has 1 N–H and O–H groups in total. The van der Waals surface area contributed by atoms with E-state index in [-0.39, 0.29) is 11.9 Å². The normalized spacial score (nSPS) is 16.8. The second-order valence-corrected chi connectivity index (χ2v) is 5.78. The zero-order valence-electron chi connectivity index (χ0n) is 11.3. The van der Waals surface area contributed by atoms with Crippen LogP contribution in [0.2, 0.25) is 0 Å². The zero-order valence-corrected chi connectivity index (χ0v) is 12.9. The Morgan fingerprint density at radius 1 is 1.19 bits per heavy atom. The first kappa shape index (κ1) is 14.4. The summed E-state index contributed by atoms with van der Waals surface area (Å²) >= 11 is 3.34. The molecule has 5 heteroatoms. The Balaban J connectivity index is 1.54. The maximum absolute atomic E-state index is 13.6. The fourth-order valence-corrected chi connectivity index (χ4v) is 2.62. The van der Waals surface area contributed by atoms with Crippen molar-refractivity contribution in [2.75, 3.05) is 13.2 Å². The Morgan fingerprint density at radius 3 is 2.86 bits per heavy atom. The van der Waals surface area contributed by atoms with Crippen LogP contribution in [0.15, 0.2) is 46.9 Å². The first-order chi connectivity index (χ1) is 10.2. The molecule has 1 atom stereocenters. The van der Waals surface area contributed by atoms with Gasteiger partial charge < -0.3 is 14.8 Å². The fourth-order valence-electron chi connectivity index (χ4n) is 2.21. The molecule has 21 heavy (non-hydrogen) atoms. The van der Waals surface area contributed by atoms with Crippen molar-refractivity contribution >= 4 is 15.9 Å². The van der Waals surface area contributed by atoms with E-state index in [1.165, 1.54) is 6.07 Å². The molecule has 0 saturated carbocycles. The van der Waals surface area contributed by atoms with Gasteiger partial charge in [0, 0.05) is 23.1 Å². The average molecular weight is 352 g/mol. The molecular weight excluding hydrogens is 337 g/mol. The van der Waals surface area contributed by atoms with E-state index in [1.807, 2.05) is 24.3 Å². The molecule has 0 aliphatic carbocycles. The number of benzene rings is 2. The van der Waals surface area contributed by atoms with Crippen molar-refractivity contribution in [3.63, 3.8) is 0 Å². The van der Waals surface area contributed by atoms with Crippen LogP contribution >= 0.6 is 15.9 Å². The molecule has 2 aromatic carbocycles. The Labute approximate surface area is 131 Å². The summed E-state index contributed by atoms with van der Waals surface area (Å²) < 4.78 is 26.0. The van der Waals surface area contributed by atoms with Crippen molar-refractivity contribution in [3.8, 4) is 11.5 Å². The molecule has 0 radical (unpaired) electrons. The third-order valence-corrected chi connectivity index (χ3v) is 3.76. The number of nitrogens with one attached hydrogen (secondary N) is 1. The molecule has 0 unspecified atom stereocenters. The van der Waals surface area contributed by atoms with Gasteiger partial charge >= 0.3 is 0 Å². The number of fused-ring (bicyclic) bond motifs is 1. The molecule has 3 nitrogen and oxygen atoms in total. The molecule has 0 saturated heterocycles. The smallest absolute Gasteiger partial charge is 0.161 e. The first-order valence-corrected chi connectivity index (χ1v) is 7.55. The van der Waals surface area contributed by atoms with Crippen LogP contribution in [0.4, 0.5) is 4.39 Å². The Kier molecular flexibility index (Phi) is 4.41. The van der Waals surface area contributed by atoms with Gasteiger partial charge in [-0.3, -0.25) is 0 Å². The predicted molar refractivity (Wildman–Crippen MR) is 82.2 cm³/mol. The highest BCUT2D eigenvalue weighted by Gasteiger charge is 2.20. The van der Waals surface area contributed by atoms with Crippen LogP contribution in [-0.2, 0) is 6.54 Å². The molecule has 2 aromatic rings. The van der Waals surface area contributed by atoms with Gasteiger partial charge in [0.1, 0.15) is 18.5 Å². The molecule has 110 valence electrons. The molecule has 1 aliphatic rings. The minimum Gasteiger partial charge on any atom is -0.486 e. The van der Waals surface area contributed by atoms with Crippen LogP contribution in [0, 0.1) is 5.82 Å². The van der Waals surface area contributed by atoms with E-state index in [1.54, 1.807) is 12.1 Å². The minimum absolute atomic E-state index is 0.0740. The number of halogens is 2. The Bertz CT molecular complexity index is 635. The fraction of sp³-hybridized carbons (Fsp3) is 0.250. The average Bonchev–Trinajstić information content (AvgIpc) is 2.50. The van der Waals surface area contributed by atoms with Gasteiger partial charge in [0.05, 0.1) is 0 Å². The number of rotatable bonds is 4. The van der Waals surface area contributed by atoms with Gasteiger partial charge in [-0.15, -0.1) is 0 Å². The highest BCUT2D eigenvalue weighted by atomic mass is 79.9. The summed E-state index contributed by atoms with van der Waals surface area (Å²) in [6.07, 6.45) is -0.0740. The molecule has 0 bridgehead atoms. The Hall–Kier alpha value is -1.59. The Morgan fingerprint density at radius 2 is 2.00 bits per heavy atom. The van der Waals surface area contributed by atoms with Gasteiger partial charge in [-0.1, -0.05) is 28.1 Å². The molecule has 1 aliphatic heterocycles. The number of hydrogen-bond acceptors (Lipinski definition) is 3. The van der Waals surface area contributed by atoms with Crippen LogP contribution in [0.3, 0.4) is 0 Å². The summed E-state index contributed by atoms with van der Waals surface area (Å²) in [5.74, 6) is 1.31. The second kappa shape index (κ2) is 6.45. The predicted octanol–water partition coefficient (Wildman–Crippen LogP) is 3.52. The molecular formula is C16H15BrFNO2. The van der Waals surface area contributed by atoms with Crippen molar-refractivity contribution in [2.24, 2.45) is 0 Å². The molecule has 1 heterocycles. The number of hydrogen-bond donors (Lipinski definition) is 1. The van der Waals surface area contributed by atoms with Crippen LogP contribution in [-0.4, -0.2) is 19.3 Å². The molecule has 0 spiro atoms. The van der Waals surface area contributed by atoms with E-state index >= 15 is 0 Å². The zero-order chi connectivity index (χ0) is 14.7. The van der Waals surface area contributed by atoms with Gasteiger partial charge in [-0.25, -0.2) is 4.39 Å². The van der Waals surface area contributed by atoms with E-state index in [4.69, 9.17) is 9.47 Å². The number of para-hydroxylation sites is 2. The maximum Gasteiger partial charge on any atom is 0.161 e. The molecule has 0 fully saturated rings. The van der Waals surface area contributed by atoms with E-state index in [2.05, 4.69) is 21.2 Å². The highest BCUT2D eigenvalue weighted by molar-refractivity contribution is 9.10. The lowest BCUT2D eigenvalue weighted by molar-refractivity contribution is 0.0901. The van der Waals surface area contributed by atoms with Crippen LogP contribution in [0.5, 0.6) is 11.5 Å². The summed E-state index contributed by atoms with van der Waals surface area (Å²) in [5, 5.41) is 3.20. The van der Waals surface area contributed by atoms with E-state index in [9.17, 15) is 4.39 Å². The number of ether oxygens (including phenoxy) is 2. The van der Waals surface area contributed by atoms with E-state index in [0.29, 0.717) is 25.3 Å². The molecule has 0 amide bonds. The van der Waals surface area contributed by atoms with E-state index in [0.717, 1.165) is 16.0 Å². The summed E-state index contributed by atoms with van der Waals surface area (Å²) in [4.78, 5) is 0. The van der Waals surface area contributed by atoms with E-state index < -0.39 is 0 Å². The van der Waals surface area contributed by atoms with Crippen molar-refractivity contribution in [3.05, 3.63) is 58.3 Å². The minimum atomic E-state index is -0.211. The van der Waals surface area contributed by atoms with Crippen LogP contribution in [0.25, 0.3) is 0 Å². The summed E-state index contributed by atoms with van der Waals surface area (Å²) in [6, 6.07) is 12.5. The topological polar surface area (TPSA) is 30.5 Å². The van der Waals surface area contributed by atoms with Crippen molar-refractivity contribution < 1.29 is 13.9 Å². The van der Waals surface area contributed by atoms with Gasteiger partial charge in [-0.05, 0) is 30.3 Å². The van der Waals surface area contributed by atoms with Crippen LogP contribution < -0.4 is 14.8 Å². The van der Waals surface area contributed by atoms with Crippen molar-refractivity contribution in [1.29, 1.82) is 0 Å². The van der Waals surface area contributed by atoms with Crippen molar-refractivity contribution in [2.45, 2.75) is 12.6 Å². The van der Waals surface area contributed by atoms with Gasteiger partial charge in [0.2, 0.25) is 0 Å². The third kappa shape index (κ3) is 3.54. The lowest BCUT2D eigenvalue weighted by Crippen LogP contribution is -2.38. The first-order valence-electron chi connectivity index (χ1n) is 6.75. The second-order valence-electron chi connectivity index (χ2n) is 4.86. The summed E-state index contributed by atoms with van der Waals surface area (Å²) in [6.45, 7) is 1.54. The quantitative estimate of drug-likeness (QED) is 0.914. The largest absolute Gasteiger partial charge is 0.486 e. The summed E-state index contributed by atoms with van der Waals surface area (Å²) in [5.41, 5.74) is 0.626. The highest BCUT2D eigenvalue weighted by Crippen LogP contribution is 2.30. The van der Waals surface area contributed by atoms with Gasteiger partial charge in [0.25, 0.3) is 0 Å². The third-order valence-electron chi connectivity index (χ3n) is 3.26. The summed E-state index contributed by atoms with van der Waals surface area (Å²) in [7, 11) is 0. The monoisotopic (exact) mass is 351 g/mol. The molecule has 3 rings (SSSR count). The van der Waals surface area contributed by atoms with Gasteiger partial charge in [0.15, 0.2) is 11.5 Å².